The number of carbonyl (C=O) groups excluding carboxylic acids is 1. The third kappa shape index (κ3) is 2.45. The molecule has 2 aromatic heterocycles. The van der Waals surface area contributed by atoms with Crippen LogP contribution in [0.3, 0.4) is 0 Å². The minimum absolute atomic E-state index is 0.153. The number of rotatable bonds is 2. The van der Waals surface area contributed by atoms with Crippen LogP contribution in [-0.4, -0.2) is 15.9 Å². The van der Waals surface area contributed by atoms with Crippen molar-refractivity contribution in [3.63, 3.8) is 0 Å². The van der Waals surface area contributed by atoms with Crippen LogP contribution in [-0.2, 0) is 0 Å². The molecule has 0 unspecified atom stereocenters. The van der Waals surface area contributed by atoms with Crippen molar-refractivity contribution in [1.29, 1.82) is 0 Å². The average molecular weight is 319 g/mol. The van der Waals surface area contributed by atoms with E-state index < -0.39 is 0 Å². The minimum Gasteiger partial charge on any atom is -0.298 e. The number of anilines is 1. The second kappa shape index (κ2) is 5.44. The average Bonchev–Trinajstić information content (AvgIpc) is 3.00. The van der Waals surface area contributed by atoms with Crippen molar-refractivity contribution in [2.24, 2.45) is 0 Å². The predicted molar refractivity (Wildman–Crippen MR) is 94.1 cm³/mol. The summed E-state index contributed by atoms with van der Waals surface area (Å²) < 4.78 is 1.01. The molecule has 4 nitrogen and oxygen atoms in total. The Balaban J connectivity index is 1.79. The number of nitrogens with zero attached hydrogens (tertiary/aromatic N) is 2. The van der Waals surface area contributed by atoms with Crippen LogP contribution in [0.5, 0.6) is 0 Å². The van der Waals surface area contributed by atoms with E-state index in [9.17, 15) is 4.79 Å². The molecular weight excluding hydrogens is 306 g/mol. The molecule has 1 amide bonds. The Labute approximate surface area is 136 Å². The second-order valence-corrected chi connectivity index (χ2v) is 6.23. The molecule has 2 aromatic carbocycles. The molecule has 0 atom stereocenters. The molecule has 0 aliphatic rings. The number of amides is 1. The Kier molecular flexibility index (Phi) is 3.28. The molecule has 4 aromatic rings. The van der Waals surface area contributed by atoms with Crippen molar-refractivity contribution in [2.75, 3.05) is 5.32 Å². The Morgan fingerprint density at radius 3 is 2.57 bits per heavy atom. The zero-order valence-corrected chi connectivity index (χ0v) is 13.2. The Morgan fingerprint density at radius 1 is 1.00 bits per heavy atom. The number of para-hydroxylation sites is 1. The molecule has 0 spiro atoms. The Hall–Kier alpha value is -2.79. The van der Waals surface area contributed by atoms with Crippen LogP contribution in [0.25, 0.3) is 21.1 Å². The standard InChI is InChI=1S/C18H13N3OS/c1-11-16-15(13-9-5-6-10-14(13)19-11)20-18(23-16)21-17(22)12-7-3-2-4-8-12/h2-10H,1H3,(H,20,21,22). The fourth-order valence-electron chi connectivity index (χ4n) is 2.56. The van der Waals surface area contributed by atoms with Crippen molar-refractivity contribution in [2.45, 2.75) is 6.92 Å². The first kappa shape index (κ1) is 13.8. The highest BCUT2D eigenvalue weighted by molar-refractivity contribution is 7.22. The monoisotopic (exact) mass is 319 g/mol. The first-order valence-electron chi connectivity index (χ1n) is 7.24. The quantitative estimate of drug-likeness (QED) is 0.595. The number of fused-ring (bicyclic) bond motifs is 3. The van der Waals surface area contributed by atoms with Gasteiger partial charge in [0.1, 0.15) is 0 Å². The smallest absolute Gasteiger partial charge is 0.257 e. The number of carbonyl (C=O) groups is 1. The summed E-state index contributed by atoms with van der Waals surface area (Å²) in [7, 11) is 0. The van der Waals surface area contributed by atoms with E-state index in [-0.39, 0.29) is 5.91 Å². The number of thiazole rings is 1. The fraction of sp³-hybridized carbons (Fsp3) is 0.0556. The number of benzene rings is 2. The highest BCUT2D eigenvalue weighted by Crippen LogP contribution is 2.32. The lowest BCUT2D eigenvalue weighted by atomic mass is 10.2. The van der Waals surface area contributed by atoms with Crippen LogP contribution in [0.1, 0.15) is 16.1 Å². The van der Waals surface area contributed by atoms with Gasteiger partial charge in [0, 0.05) is 10.9 Å². The zero-order chi connectivity index (χ0) is 15.8. The Morgan fingerprint density at radius 2 is 1.74 bits per heavy atom. The number of nitrogens with one attached hydrogen (secondary N) is 1. The number of hydrogen-bond acceptors (Lipinski definition) is 4. The molecule has 23 heavy (non-hydrogen) atoms. The van der Waals surface area contributed by atoms with Crippen molar-refractivity contribution < 1.29 is 4.79 Å². The number of pyridine rings is 1. The summed E-state index contributed by atoms with van der Waals surface area (Å²) in [6, 6.07) is 17.1. The van der Waals surface area contributed by atoms with Crippen LogP contribution in [0.2, 0.25) is 0 Å². The predicted octanol–water partition coefficient (Wildman–Crippen LogP) is 4.41. The highest BCUT2D eigenvalue weighted by Gasteiger charge is 2.13. The van der Waals surface area contributed by atoms with E-state index in [1.807, 2.05) is 49.4 Å². The van der Waals surface area contributed by atoms with Crippen molar-refractivity contribution in [1.82, 2.24) is 9.97 Å². The topological polar surface area (TPSA) is 54.9 Å². The summed E-state index contributed by atoms with van der Waals surface area (Å²) in [5.74, 6) is -0.153. The van der Waals surface area contributed by atoms with Gasteiger partial charge in [-0.05, 0) is 25.1 Å². The van der Waals surface area contributed by atoms with E-state index in [1.54, 1.807) is 12.1 Å². The van der Waals surface area contributed by atoms with Gasteiger partial charge in [-0.15, -0.1) is 0 Å². The SMILES string of the molecule is Cc1nc2ccccc2c2nc(NC(=O)c3ccccc3)sc12. The molecule has 0 aliphatic heterocycles. The van der Waals surface area contributed by atoms with Gasteiger partial charge in [0.2, 0.25) is 0 Å². The first-order valence-corrected chi connectivity index (χ1v) is 8.06. The summed E-state index contributed by atoms with van der Waals surface area (Å²) in [5.41, 5.74) is 3.35. The lowest BCUT2D eigenvalue weighted by Gasteiger charge is -2.00. The van der Waals surface area contributed by atoms with Gasteiger partial charge in [-0.3, -0.25) is 15.1 Å². The third-order valence-corrected chi connectivity index (χ3v) is 4.74. The minimum atomic E-state index is -0.153. The molecule has 5 heteroatoms. The molecule has 0 radical (unpaired) electrons. The number of aryl methyl sites for hydroxylation is 1. The summed E-state index contributed by atoms with van der Waals surface area (Å²) in [6.07, 6.45) is 0. The van der Waals surface area contributed by atoms with Gasteiger partial charge < -0.3 is 0 Å². The first-order chi connectivity index (χ1) is 11.2. The summed E-state index contributed by atoms with van der Waals surface area (Å²) in [4.78, 5) is 21.5. The van der Waals surface area contributed by atoms with Crippen LogP contribution < -0.4 is 5.32 Å². The van der Waals surface area contributed by atoms with E-state index in [1.165, 1.54) is 11.3 Å². The Bertz CT molecular complexity index is 1020. The van der Waals surface area contributed by atoms with Gasteiger partial charge in [0.15, 0.2) is 5.13 Å². The van der Waals surface area contributed by atoms with E-state index >= 15 is 0 Å². The molecule has 0 saturated carbocycles. The second-order valence-electron chi connectivity index (χ2n) is 5.23. The maximum Gasteiger partial charge on any atom is 0.257 e. The number of hydrogen-bond donors (Lipinski definition) is 1. The van der Waals surface area contributed by atoms with E-state index in [0.717, 1.165) is 26.8 Å². The fourth-order valence-corrected chi connectivity index (χ4v) is 3.48. The number of aromatic nitrogens is 2. The van der Waals surface area contributed by atoms with Gasteiger partial charge in [-0.2, -0.15) is 0 Å². The molecule has 2 heterocycles. The normalized spacial score (nSPS) is 11.0. The molecule has 1 N–H and O–H groups in total. The maximum absolute atomic E-state index is 12.3. The molecule has 0 bridgehead atoms. The van der Waals surface area contributed by atoms with Crippen molar-refractivity contribution in [3.05, 3.63) is 65.9 Å². The van der Waals surface area contributed by atoms with Gasteiger partial charge in [0.05, 0.1) is 21.4 Å². The molecular formula is C18H13N3OS. The van der Waals surface area contributed by atoms with Gasteiger partial charge in [-0.1, -0.05) is 47.7 Å². The van der Waals surface area contributed by atoms with Gasteiger partial charge >= 0.3 is 0 Å². The molecule has 4 rings (SSSR count). The largest absolute Gasteiger partial charge is 0.298 e. The van der Waals surface area contributed by atoms with Crippen molar-refractivity contribution >= 4 is 43.5 Å². The van der Waals surface area contributed by atoms with Crippen LogP contribution in [0.15, 0.2) is 54.6 Å². The van der Waals surface area contributed by atoms with Crippen LogP contribution in [0, 0.1) is 6.92 Å². The summed E-state index contributed by atoms with van der Waals surface area (Å²) >= 11 is 1.46. The van der Waals surface area contributed by atoms with Crippen molar-refractivity contribution in [3.8, 4) is 0 Å². The molecule has 0 aliphatic carbocycles. The summed E-state index contributed by atoms with van der Waals surface area (Å²) in [5, 5.41) is 4.48. The van der Waals surface area contributed by atoms with Gasteiger partial charge in [0.25, 0.3) is 5.91 Å². The maximum atomic E-state index is 12.3. The van der Waals surface area contributed by atoms with Gasteiger partial charge in [-0.25, -0.2) is 4.98 Å². The summed E-state index contributed by atoms with van der Waals surface area (Å²) in [6.45, 7) is 1.97. The lowest BCUT2D eigenvalue weighted by Crippen LogP contribution is -2.11. The van der Waals surface area contributed by atoms with E-state index in [0.29, 0.717) is 10.7 Å². The molecule has 0 fully saturated rings. The molecule has 0 saturated heterocycles. The third-order valence-electron chi connectivity index (χ3n) is 3.66. The van der Waals surface area contributed by atoms with E-state index in [4.69, 9.17) is 0 Å². The zero-order valence-electron chi connectivity index (χ0n) is 12.4. The van der Waals surface area contributed by atoms with Crippen LogP contribution in [0.4, 0.5) is 5.13 Å². The van der Waals surface area contributed by atoms with Crippen LogP contribution >= 0.6 is 11.3 Å². The van der Waals surface area contributed by atoms with E-state index in [2.05, 4.69) is 15.3 Å². The highest BCUT2D eigenvalue weighted by atomic mass is 32.1. The lowest BCUT2D eigenvalue weighted by molar-refractivity contribution is 0.102. The molecule has 112 valence electrons.